The minimum atomic E-state index is -3.99. The molecule has 0 aliphatic rings. The number of anilines is 1. The van der Waals surface area contributed by atoms with Crippen molar-refractivity contribution >= 4 is 42.4 Å². The lowest BCUT2D eigenvalue weighted by Crippen LogP contribution is -2.27. The lowest BCUT2D eigenvalue weighted by atomic mass is 10.2. The number of aryl methyl sites for hydroxylation is 1. The molecule has 0 aliphatic heterocycles. The van der Waals surface area contributed by atoms with Gasteiger partial charge in [-0.05, 0) is 19.1 Å². The van der Waals surface area contributed by atoms with Gasteiger partial charge in [0, 0.05) is 13.0 Å². The van der Waals surface area contributed by atoms with Gasteiger partial charge < -0.3 is 5.32 Å². The van der Waals surface area contributed by atoms with Gasteiger partial charge in [-0.25, -0.2) is 26.7 Å². The van der Waals surface area contributed by atoms with Crippen LogP contribution in [0.1, 0.15) is 12.0 Å². The fourth-order valence-electron chi connectivity index (χ4n) is 1.66. The molecule has 0 atom stereocenters. The Morgan fingerprint density at radius 3 is 2.36 bits per heavy atom. The van der Waals surface area contributed by atoms with Gasteiger partial charge in [0.2, 0.25) is 25.4 Å². The molecule has 2 aromatic rings. The Hall–Kier alpha value is -1.93. The molecule has 1 heterocycles. The molecule has 0 aliphatic carbocycles. The fourth-order valence-corrected chi connectivity index (χ4v) is 4.04. The second-order valence-corrected chi connectivity index (χ2v) is 9.41. The number of hydrogen-bond acceptors (Lipinski definition) is 8. The first-order chi connectivity index (χ1) is 11.6. The van der Waals surface area contributed by atoms with Crippen molar-refractivity contribution in [2.45, 2.75) is 22.6 Å². The maximum Gasteiger partial charge on any atom is 0.267 e. The Morgan fingerprint density at radius 2 is 1.80 bits per heavy atom. The molecule has 1 amide bonds. The molecule has 1 aromatic carbocycles. The average molecular weight is 405 g/mol. The van der Waals surface area contributed by atoms with Gasteiger partial charge in [-0.3, -0.25) is 4.79 Å². The van der Waals surface area contributed by atoms with Crippen molar-refractivity contribution < 1.29 is 21.6 Å². The highest BCUT2D eigenvalue weighted by Gasteiger charge is 2.17. The predicted octanol–water partition coefficient (Wildman–Crippen LogP) is -0.199. The molecule has 0 radical (unpaired) electrons. The van der Waals surface area contributed by atoms with E-state index in [4.69, 9.17) is 5.14 Å². The zero-order valence-electron chi connectivity index (χ0n) is 13.0. The minimum Gasteiger partial charge on any atom is -0.300 e. The van der Waals surface area contributed by atoms with E-state index in [0.29, 0.717) is 11.3 Å². The lowest BCUT2D eigenvalue weighted by molar-refractivity contribution is -0.116. The summed E-state index contributed by atoms with van der Waals surface area (Å²) in [5.74, 6) is -0.552. The Morgan fingerprint density at radius 1 is 1.16 bits per heavy atom. The molecule has 25 heavy (non-hydrogen) atoms. The quantitative estimate of drug-likeness (QED) is 0.537. The van der Waals surface area contributed by atoms with Crippen molar-refractivity contribution in [2.75, 3.05) is 11.9 Å². The van der Waals surface area contributed by atoms with Crippen LogP contribution in [0.4, 0.5) is 5.13 Å². The van der Waals surface area contributed by atoms with Crippen molar-refractivity contribution in [3.8, 4) is 0 Å². The molecule has 1 aromatic heterocycles. The summed E-state index contributed by atoms with van der Waals surface area (Å²) in [4.78, 5) is 11.8. The fraction of sp³-hybridized carbons (Fsp3) is 0.250. The first kappa shape index (κ1) is 19.4. The zero-order chi connectivity index (χ0) is 18.7. The van der Waals surface area contributed by atoms with E-state index in [1.165, 1.54) is 12.1 Å². The number of amides is 1. The van der Waals surface area contributed by atoms with Crippen LogP contribution in [0.5, 0.6) is 0 Å². The Bertz CT molecular complexity index is 967. The third-order valence-corrected chi connectivity index (χ3v) is 6.50. The van der Waals surface area contributed by atoms with Crippen molar-refractivity contribution in [2.24, 2.45) is 5.14 Å². The molecule has 0 spiro atoms. The number of benzene rings is 1. The highest BCUT2D eigenvalue weighted by atomic mass is 32.2. The van der Waals surface area contributed by atoms with E-state index in [9.17, 15) is 21.6 Å². The van der Waals surface area contributed by atoms with Crippen molar-refractivity contribution in [3.63, 3.8) is 0 Å². The van der Waals surface area contributed by atoms with Crippen molar-refractivity contribution in [1.29, 1.82) is 0 Å². The van der Waals surface area contributed by atoms with Gasteiger partial charge in [0.05, 0.1) is 4.90 Å². The SMILES string of the molecule is Cc1ccc(S(=O)(=O)NCCC(=O)Nc2nnc(S(N)(=O)=O)s2)cc1. The number of sulfonamides is 2. The normalized spacial score (nSPS) is 12.1. The molecule has 0 unspecified atom stereocenters. The van der Waals surface area contributed by atoms with Crippen LogP contribution in [0, 0.1) is 6.92 Å². The van der Waals surface area contributed by atoms with Crippen LogP contribution in [0.25, 0.3) is 0 Å². The second-order valence-electron chi connectivity index (χ2n) is 4.93. The molecule has 2 rings (SSSR count). The standard InChI is InChI=1S/C12H15N5O5S3/c1-8-2-4-9(5-3-8)25(21,22)14-7-6-10(18)15-11-16-17-12(23-11)24(13,19)20/h2-5,14H,6-7H2,1H3,(H2,13,19,20)(H,15,16,18). The summed E-state index contributed by atoms with van der Waals surface area (Å²) in [6.07, 6.45) is -0.171. The van der Waals surface area contributed by atoms with Gasteiger partial charge in [0.15, 0.2) is 0 Å². The highest BCUT2D eigenvalue weighted by molar-refractivity contribution is 7.91. The van der Waals surface area contributed by atoms with Crippen molar-refractivity contribution in [1.82, 2.24) is 14.9 Å². The number of nitrogens with zero attached hydrogens (tertiary/aromatic N) is 2. The Kier molecular flexibility index (Phi) is 5.84. The van der Waals surface area contributed by atoms with Gasteiger partial charge >= 0.3 is 0 Å². The largest absolute Gasteiger partial charge is 0.300 e. The molecule has 10 nitrogen and oxygen atoms in total. The number of rotatable bonds is 7. The van der Waals surface area contributed by atoms with E-state index in [1.54, 1.807) is 12.1 Å². The van der Waals surface area contributed by atoms with E-state index in [2.05, 4.69) is 20.2 Å². The molecule has 0 fully saturated rings. The van der Waals surface area contributed by atoms with Crippen LogP contribution < -0.4 is 15.2 Å². The van der Waals surface area contributed by atoms with Crippen LogP contribution in [0.3, 0.4) is 0 Å². The maximum atomic E-state index is 12.1. The third kappa shape index (κ3) is 5.54. The van der Waals surface area contributed by atoms with Crippen LogP contribution >= 0.6 is 11.3 Å². The average Bonchev–Trinajstić information content (AvgIpc) is 2.96. The Labute approximate surface area is 148 Å². The molecule has 0 saturated heterocycles. The summed E-state index contributed by atoms with van der Waals surface area (Å²) in [5, 5.41) is 14.0. The van der Waals surface area contributed by atoms with Crippen LogP contribution in [0.2, 0.25) is 0 Å². The van der Waals surface area contributed by atoms with E-state index in [0.717, 1.165) is 5.56 Å². The lowest BCUT2D eigenvalue weighted by Gasteiger charge is -2.06. The van der Waals surface area contributed by atoms with Gasteiger partial charge in [-0.15, -0.1) is 10.2 Å². The van der Waals surface area contributed by atoms with Gasteiger partial charge in [0.1, 0.15) is 0 Å². The molecule has 4 N–H and O–H groups in total. The highest BCUT2D eigenvalue weighted by Crippen LogP contribution is 2.18. The number of nitrogens with two attached hydrogens (primary N) is 1. The minimum absolute atomic E-state index is 0.0459. The number of hydrogen-bond donors (Lipinski definition) is 3. The number of carbonyl (C=O) groups is 1. The second kappa shape index (κ2) is 7.53. The topological polar surface area (TPSA) is 161 Å². The molecule has 0 saturated carbocycles. The third-order valence-electron chi connectivity index (χ3n) is 2.87. The van der Waals surface area contributed by atoms with Gasteiger partial charge in [0.25, 0.3) is 10.0 Å². The molecule has 13 heteroatoms. The van der Waals surface area contributed by atoms with Crippen LogP contribution in [-0.4, -0.2) is 39.5 Å². The molecule has 0 bridgehead atoms. The van der Waals surface area contributed by atoms with E-state index >= 15 is 0 Å². The first-order valence-electron chi connectivity index (χ1n) is 6.80. The number of aromatic nitrogens is 2. The van der Waals surface area contributed by atoms with E-state index < -0.39 is 30.3 Å². The Balaban J connectivity index is 1.88. The summed E-state index contributed by atoms with van der Waals surface area (Å²) in [7, 11) is -7.70. The summed E-state index contributed by atoms with van der Waals surface area (Å²) >= 11 is 0.600. The predicted molar refractivity (Wildman–Crippen MR) is 90.9 cm³/mol. The van der Waals surface area contributed by atoms with Crippen LogP contribution in [0.15, 0.2) is 33.5 Å². The number of primary sulfonamides is 1. The number of carbonyl (C=O) groups excluding carboxylic acids is 1. The molecular weight excluding hydrogens is 390 g/mol. The summed E-state index contributed by atoms with van der Waals surface area (Å²) in [6.45, 7) is 1.70. The van der Waals surface area contributed by atoms with Gasteiger partial charge in [-0.2, -0.15) is 0 Å². The van der Waals surface area contributed by atoms with Crippen molar-refractivity contribution in [3.05, 3.63) is 29.8 Å². The molecule has 136 valence electrons. The number of nitrogens with one attached hydrogen (secondary N) is 2. The monoisotopic (exact) mass is 405 g/mol. The smallest absolute Gasteiger partial charge is 0.267 e. The van der Waals surface area contributed by atoms with E-state index in [1.807, 2.05) is 6.92 Å². The zero-order valence-corrected chi connectivity index (χ0v) is 15.4. The van der Waals surface area contributed by atoms with Crippen LogP contribution in [-0.2, 0) is 24.8 Å². The maximum absolute atomic E-state index is 12.1. The summed E-state index contributed by atoms with van der Waals surface area (Å²) in [5.41, 5.74) is 0.925. The summed E-state index contributed by atoms with van der Waals surface area (Å²) in [6, 6.07) is 6.27. The first-order valence-corrected chi connectivity index (χ1v) is 10.6. The van der Waals surface area contributed by atoms with Gasteiger partial charge in [-0.1, -0.05) is 29.0 Å². The van der Waals surface area contributed by atoms with E-state index in [-0.39, 0.29) is 23.0 Å². The molecular formula is C12H15N5O5S3. The summed E-state index contributed by atoms with van der Waals surface area (Å²) < 4.78 is 48.1.